The Kier molecular flexibility index (Phi) is 4.73. The SMILES string of the molecule is CCOC(=O)/C=C1/NC(C)Cc2cc(OC)c(OC)cc21. The summed E-state index contributed by atoms with van der Waals surface area (Å²) in [5.41, 5.74) is 2.82. The second-order valence-corrected chi connectivity index (χ2v) is 4.92. The molecule has 1 heterocycles. The molecule has 0 radical (unpaired) electrons. The minimum Gasteiger partial charge on any atom is -0.493 e. The van der Waals surface area contributed by atoms with Crippen molar-refractivity contribution in [3.8, 4) is 11.5 Å². The monoisotopic (exact) mass is 291 g/mol. The molecule has 0 aliphatic carbocycles. The normalized spacial score (nSPS) is 18.7. The fourth-order valence-electron chi connectivity index (χ4n) is 2.49. The zero-order valence-electron chi connectivity index (χ0n) is 12.9. The number of methoxy groups -OCH3 is 2. The van der Waals surface area contributed by atoms with Gasteiger partial charge in [0, 0.05) is 23.4 Å². The maximum absolute atomic E-state index is 11.7. The highest BCUT2D eigenvalue weighted by molar-refractivity contribution is 5.92. The van der Waals surface area contributed by atoms with Crippen LogP contribution in [0.2, 0.25) is 0 Å². The van der Waals surface area contributed by atoms with Gasteiger partial charge in [0.15, 0.2) is 11.5 Å². The minimum atomic E-state index is -0.352. The number of carbonyl (C=O) groups excluding carboxylic acids is 1. The van der Waals surface area contributed by atoms with Crippen LogP contribution in [0.4, 0.5) is 0 Å². The summed E-state index contributed by atoms with van der Waals surface area (Å²) in [5, 5.41) is 3.31. The molecule has 0 saturated carbocycles. The van der Waals surface area contributed by atoms with Crippen LogP contribution in [0.15, 0.2) is 18.2 Å². The molecule has 0 spiro atoms. The van der Waals surface area contributed by atoms with Gasteiger partial charge in [0.2, 0.25) is 0 Å². The average Bonchev–Trinajstić information content (AvgIpc) is 2.46. The predicted octanol–water partition coefficient (Wildman–Crippen LogP) is 2.14. The fraction of sp³-hybridized carbons (Fsp3) is 0.438. The summed E-state index contributed by atoms with van der Waals surface area (Å²) < 4.78 is 15.7. The van der Waals surface area contributed by atoms with Crippen molar-refractivity contribution in [3.05, 3.63) is 29.3 Å². The van der Waals surface area contributed by atoms with Crippen molar-refractivity contribution in [2.24, 2.45) is 0 Å². The lowest BCUT2D eigenvalue weighted by Crippen LogP contribution is -2.32. The molecule has 0 fully saturated rings. The molecule has 0 aromatic heterocycles. The van der Waals surface area contributed by atoms with E-state index in [0.717, 1.165) is 23.2 Å². The molecule has 1 aliphatic rings. The Morgan fingerprint density at radius 2 is 2.00 bits per heavy atom. The third-order valence-electron chi connectivity index (χ3n) is 3.38. The smallest absolute Gasteiger partial charge is 0.332 e. The van der Waals surface area contributed by atoms with E-state index in [1.165, 1.54) is 6.08 Å². The van der Waals surface area contributed by atoms with Gasteiger partial charge in [0.1, 0.15) is 0 Å². The Morgan fingerprint density at radius 3 is 2.62 bits per heavy atom. The van der Waals surface area contributed by atoms with Crippen molar-refractivity contribution in [3.63, 3.8) is 0 Å². The zero-order valence-corrected chi connectivity index (χ0v) is 12.9. The Morgan fingerprint density at radius 1 is 1.33 bits per heavy atom. The molecule has 5 heteroatoms. The van der Waals surface area contributed by atoms with Crippen molar-refractivity contribution in [2.45, 2.75) is 26.3 Å². The summed E-state index contributed by atoms with van der Waals surface area (Å²) >= 11 is 0. The van der Waals surface area contributed by atoms with E-state index in [9.17, 15) is 4.79 Å². The van der Waals surface area contributed by atoms with Crippen LogP contribution in [-0.4, -0.2) is 32.8 Å². The van der Waals surface area contributed by atoms with Gasteiger partial charge in [0.25, 0.3) is 0 Å². The topological polar surface area (TPSA) is 56.8 Å². The quantitative estimate of drug-likeness (QED) is 0.680. The zero-order chi connectivity index (χ0) is 15.4. The number of hydrogen-bond acceptors (Lipinski definition) is 5. The molecule has 1 aromatic carbocycles. The van der Waals surface area contributed by atoms with E-state index in [2.05, 4.69) is 12.2 Å². The van der Waals surface area contributed by atoms with E-state index in [-0.39, 0.29) is 12.0 Å². The summed E-state index contributed by atoms with van der Waals surface area (Å²) in [6, 6.07) is 4.08. The van der Waals surface area contributed by atoms with Crippen LogP contribution >= 0.6 is 0 Å². The molecule has 1 N–H and O–H groups in total. The van der Waals surface area contributed by atoms with Crippen LogP contribution in [0, 0.1) is 0 Å². The average molecular weight is 291 g/mol. The molecule has 1 aromatic rings. The Hall–Kier alpha value is -2.17. The molecular formula is C16H21NO4. The van der Waals surface area contributed by atoms with E-state index < -0.39 is 0 Å². The second-order valence-electron chi connectivity index (χ2n) is 4.92. The Labute approximate surface area is 124 Å². The van der Waals surface area contributed by atoms with Crippen molar-refractivity contribution in [2.75, 3.05) is 20.8 Å². The lowest BCUT2D eigenvalue weighted by molar-refractivity contribution is -0.137. The third kappa shape index (κ3) is 3.29. The summed E-state index contributed by atoms with van der Waals surface area (Å²) in [7, 11) is 3.21. The van der Waals surface area contributed by atoms with E-state index in [0.29, 0.717) is 18.1 Å². The first-order chi connectivity index (χ1) is 10.1. The van der Waals surface area contributed by atoms with Crippen LogP contribution in [0.3, 0.4) is 0 Å². The van der Waals surface area contributed by atoms with Crippen LogP contribution < -0.4 is 14.8 Å². The molecule has 0 bridgehead atoms. The number of carbonyl (C=O) groups is 1. The Balaban J connectivity index is 2.47. The van der Waals surface area contributed by atoms with Crippen LogP contribution in [0.25, 0.3) is 5.70 Å². The van der Waals surface area contributed by atoms with E-state index >= 15 is 0 Å². The molecule has 0 saturated heterocycles. The highest BCUT2D eigenvalue weighted by Gasteiger charge is 2.22. The van der Waals surface area contributed by atoms with Crippen LogP contribution in [0.1, 0.15) is 25.0 Å². The van der Waals surface area contributed by atoms with E-state index in [1.54, 1.807) is 21.1 Å². The molecule has 1 unspecified atom stereocenters. The molecule has 5 nitrogen and oxygen atoms in total. The van der Waals surface area contributed by atoms with Gasteiger partial charge in [-0.15, -0.1) is 0 Å². The molecule has 21 heavy (non-hydrogen) atoms. The lowest BCUT2D eigenvalue weighted by atomic mass is 9.93. The summed E-state index contributed by atoms with van der Waals surface area (Å²) in [5.74, 6) is 0.984. The second kappa shape index (κ2) is 6.52. The van der Waals surface area contributed by atoms with Gasteiger partial charge < -0.3 is 19.5 Å². The third-order valence-corrected chi connectivity index (χ3v) is 3.38. The maximum Gasteiger partial charge on any atom is 0.332 e. The first kappa shape index (κ1) is 15.2. The minimum absolute atomic E-state index is 0.233. The summed E-state index contributed by atoms with van der Waals surface area (Å²) in [6.07, 6.45) is 2.35. The van der Waals surface area contributed by atoms with Crippen molar-refractivity contribution >= 4 is 11.7 Å². The number of rotatable bonds is 4. The lowest BCUT2D eigenvalue weighted by Gasteiger charge is -2.27. The van der Waals surface area contributed by atoms with Crippen molar-refractivity contribution < 1.29 is 19.0 Å². The number of nitrogens with one attached hydrogen (secondary N) is 1. The van der Waals surface area contributed by atoms with Crippen LogP contribution in [0.5, 0.6) is 11.5 Å². The number of hydrogen-bond donors (Lipinski definition) is 1. The van der Waals surface area contributed by atoms with E-state index in [1.807, 2.05) is 12.1 Å². The van der Waals surface area contributed by atoms with Crippen molar-refractivity contribution in [1.82, 2.24) is 5.32 Å². The number of benzene rings is 1. The standard InChI is InChI=1S/C16H21NO4/c1-5-21-16(18)9-13-12-8-15(20-4)14(19-3)7-11(12)6-10(2)17-13/h7-10,17H,5-6H2,1-4H3/b13-9+. The van der Waals surface area contributed by atoms with Gasteiger partial charge in [-0.05, 0) is 38.0 Å². The highest BCUT2D eigenvalue weighted by atomic mass is 16.5. The molecule has 0 amide bonds. The molecule has 1 aliphatic heterocycles. The van der Waals surface area contributed by atoms with Gasteiger partial charge in [-0.3, -0.25) is 0 Å². The van der Waals surface area contributed by atoms with Gasteiger partial charge in [-0.1, -0.05) is 0 Å². The van der Waals surface area contributed by atoms with E-state index in [4.69, 9.17) is 14.2 Å². The maximum atomic E-state index is 11.7. The number of ether oxygens (including phenoxy) is 3. The van der Waals surface area contributed by atoms with Crippen LogP contribution in [-0.2, 0) is 16.0 Å². The highest BCUT2D eigenvalue weighted by Crippen LogP contribution is 2.35. The predicted molar refractivity (Wildman–Crippen MR) is 80.5 cm³/mol. The van der Waals surface area contributed by atoms with Gasteiger partial charge >= 0.3 is 5.97 Å². The Bertz CT molecular complexity index is 566. The molecule has 1 atom stereocenters. The van der Waals surface area contributed by atoms with Gasteiger partial charge in [0.05, 0.1) is 20.8 Å². The summed E-state index contributed by atoms with van der Waals surface area (Å²) in [6.45, 7) is 4.21. The summed E-state index contributed by atoms with van der Waals surface area (Å²) in [4.78, 5) is 11.7. The first-order valence-electron chi connectivity index (χ1n) is 6.99. The first-order valence-corrected chi connectivity index (χ1v) is 6.99. The van der Waals surface area contributed by atoms with Gasteiger partial charge in [-0.2, -0.15) is 0 Å². The molecule has 114 valence electrons. The fourth-order valence-corrected chi connectivity index (χ4v) is 2.49. The molecular weight excluding hydrogens is 270 g/mol. The largest absolute Gasteiger partial charge is 0.493 e. The number of fused-ring (bicyclic) bond motifs is 1. The number of esters is 1. The van der Waals surface area contributed by atoms with Crippen molar-refractivity contribution in [1.29, 1.82) is 0 Å². The molecule has 2 rings (SSSR count). The van der Waals surface area contributed by atoms with Gasteiger partial charge in [-0.25, -0.2) is 4.79 Å².